The summed E-state index contributed by atoms with van der Waals surface area (Å²) < 4.78 is 15.6. The van der Waals surface area contributed by atoms with E-state index in [2.05, 4.69) is 20.4 Å². The van der Waals surface area contributed by atoms with Crippen LogP contribution in [0.25, 0.3) is 11.1 Å². The predicted molar refractivity (Wildman–Crippen MR) is 77.2 cm³/mol. The first-order valence-electron chi connectivity index (χ1n) is 6.28. The number of ether oxygens (including phenoxy) is 2. The summed E-state index contributed by atoms with van der Waals surface area (Å²) in [6.45, 7) is 1.84. The van der Waals surface area contributed by atoms with Gasteiger partial charge in [-0.05, 0) is 6.92 Å². The zero-order chi connectivity index (χ0) is 14.8. The molecule has 0 aliphatic heterocycles. The molecule has 0 radical (unpaired) electrons. The van der Waals surface area contributed by atoms with Crippen molar-refractivity contribution in [3.63, 3.8) is 0 Å². The van der Waals surface area contributed by atoms with Crippen LogP contribution >= 0.6 is 0 Å². The highest BCUT2D eigenvalue weighted by Gasteiger charge is 2.12. The lowest BCUT2D eigenvalue weighted by Gasteiger charge is -2.10. The van der Waals surface area contributed by atoms with Crippen LogP contribution in [0.15, 0.2) is 29.0 Å². The van der Waals surface area contributed by atoms with Crippen LogP contribution in [0.3, 0.4) is 0 Å². The topological polar surface area (TPSA) is 82.3 Å². The summed E-state index contributed by atoms with van der Waals surface area (Å²) >= 11 is 0. The molecule has 3 rings (SSSR count). The third kappa shape index (κ3) is 2.45. The van der Waals surface area contributed by atoms with Crippen LogP contribution in [0.5, 0.6) is 11.5 Å². The Morgan fingerprint density at radius 3 is 2.43 bits per heavy atom. The lowest BCUT2D eigenvalue weighted by atomic mass is 10.2. The van der Waals surface area contributed by atoms with Crippen LogP contribution in [-0.4, -0.2) is 29.3 Å². The van der Waals surface area contributed by atoms with Gasteiger partial charge in [0.05, 0.1) is 19.9 Å². The molecule has 0 spiro atoms. The molecule has 0 saturated carbocycles. The van der Waals surface area contributed by atoms with Crippen molar-refractivity contribution in [1.29, 1.82) is 0 Å². The number of aromatic nitrogens is 3. The third-order valence-corrected chi connectivity index (χ3v) is 3.06. The SMILES string of the molecule is COc1cc(Nc2ncnc3onc(C)c23)cc(OC)c1. The Labute approximate surface area is 120 Å². The molecule has 7 heteroatoms. The zero-order valence-electron chi connectivity index (χ0n) is 11.9. The monoisotopic (exact) mass is 286 g/mol. The van der Waals surface area contributed by atoms with Crippen LogP contribution in [0.2, 0.25) is 0 Å². The minimum Gasteiger partial charge on any atom is -0.497 e. The molecule has 0 unspecified atom stereocenters. The van der Waals surface area contributed by atoms with Crippen LogP contribution in [-0.2, 0) is 0 Å². The van der Waals surface area contributed by atoms with E-state index >= 15 is 0 Å². The highest BCUT2D eigenvalue weighted by Crippen LogP contribution is 2.30. The molecule has 0 atom stereocenters. The molecule has 0 aliphatic carbocycles. The van der Waals surface area contributed by atoms with Gasteiger partial charge in [-0.15, -0.1) is 0 Å². The maximum atomic E-state index is 5.25. The predicted octanol–water partition coefficient (Wildman–Crippen LogP) is 2.69. The van der Waals surface area contributed by atoms with Crippen LogP contribution in [0, 0.1) is 6.92 Å². The van der Waals surface area contributed by atoms with Gasteiger partial charge in [0.25, 0.3) is 5.71 Å². The fourth-order valence-electron chi connectivity index (χ4n) is 2.03. The molecule has 108 valence electrons. The Morgan fingerprint density at radius 1 is 1.05 bits per heavy atom. The molecule has 1 N–H and O–H groups in total. The normalized spacial score (nSPS) is 10.6. The fraction of sp³-hybridized carbons (Fsp3) is 0.214. The number of fused-ring (bicyclic) bond motifs is 1. The summed E-state index contributed by atoms with van der Waals surface area (Å²) in [6.07, 6.45) is 1.42. The summed E-state index contributed by atoms with van der Waals surface area (Å²) in [5, 5.41) is 7.86. The lowest BCUT2D eigenvalue weighted by molar-refractivity contribution is 0.395. The molecule has 0 amide bonds. The van der Waals surface area contributed by atoms with Crippen molar-refractivity contribution >= 4 is 22.6 Å². The molecule has 7 nitrogen and oxygen atoms in total. The van der Waals surface area contributed by atoms with Gasteiger partial charge < -0.3 is 19.3 Å². The summed E-state index contributed by atoms with van der Waals surface area (Å²) in [5.74, 6) is 1.99. The van der Waals surface area contributed by atoms with Gasteiger partial charge in [-0.3, -0.25) is 0 Å². The van der Waals surface area contributed by atoms with Crippen molar-refractivity contribution < 1.29 is 14.0 Å². The molecule has 0 saturated heterocycles. The molecule has 0 fully saturated rings. The largest absolute Gasteiger partial charge is 0.497 e. The van der Waals surface area contributed by atoms with Gasteiger partial charge in [-0.1, -0.05) is 5.16 Å². The second kappa shape index (κ2) is 5.28. The molecular formula is C14H14N4O3. The van der Waals surface area contributed by atoms with Gasteiger partial charge in [0.2, 0.25) is 0 Å². The molecular weight excluding hydrogens is 272 g/mol. The second-order valence-corrected chi connectivity index (χ2v) is 4.40. The molecule has 0 bridgehead atoms. The Bertz CT molecular complexity index is 763. The molecule has 2 heterocycles. The van der Waals surface area contributed by atoms with E-state index < -0.39 is 0 Å². The van der Waals surface area contributed by atoms with Gasteiger partial charge in [0, 0.05) is 23.9 Å². The first-order chi connectivity index (χ1) is 10.2. The van der Waals surface area contributed by atoms with Gasteiger partial charge >= 0.3 is 0 Å². The zero-order valence-corrected chi connectivity index (χ0v) is 11.9. The number of benzene rings is 1. The summed E-state index contributed by atoms with van der Waals surface area (Å²) in [4.78, 5) is 8.28. The van der Waals surface area contributed by atoms with Gasteiger partial charge in [-0.25, -0.2) is 4.98 Å². The van der Waals surface area contributed by atoms with E-state index in [0.717, 1.165) is 16.8 Å². The van der Waals surface area contributed by atoms with E-state index in [9.17, 15) is 0 Å². The van der Waals surface area contributed by atoms with Crippen LogP contribution < -0.4 is 14.8 Å². The Balaban J connectivity index is 2.04. The summed E-state index contributed by atoms with van der Waals surface area (Å²) in [7, 11) is 3.21. The number of nitrogens with zero attached hydrogens (tertiary/aromatic N) is 3. The van der Waals surface area contributed by atoms with Crippen LogP contribution in [0.4, 0.5) is 11.5 Å². The Morgan fingerprint density at radius 2 is 1.76 bits per heavy atom. The van der Waals surface area contributed by atoms with E-state index in [4.69, 9.17) is 14.0 Å². The number of nitrogens with one attached hydrogen (secondary N) is 1. The first-order valence-corrected chi connectivity index (χ1v) is 6.28. The van der Waals surface area contributed by atoms with Crippen molar-refractivity contribution in [2.45, 2.75) is 6.92 Å². The maximum Gasteiger partial charge on any atom is 0.263 e. The van der Waals surface area contributed by atoms with E-state index in [1.807, 2.05) is 19.1 Å². The number of aryl methyl sites for hydroxylation is 1. The van der Waals surface area contributed by atoms with E-state index in [-0.39, 0.29) is 0 Å². The standard InChI is InChI=1S/C14H14N4O3/c1-8-12-13(15-7-16-14(12)21-18-8)17-9-4-10(19-2)6-11(5-9)20-3/h4-7H,1-3H3,(H,15,16,17). The van der Waals surface area contributed by atoms with E-state index in [1.54, 1.807) is 20.3 Å². The average molecular weight is 286 g/mol. The third-order valence-electron chi connectivity index (χ3n) is 3.06. The van der Waals surface area contributed by atoms with Crippen molar-refractivity contribution in [3.05, 3.63) is 30.2 Å². The smallest absolute Gasteiger partial charge is 0.263 e. The van der Waals surface area contributed by atoms with Gasteiger partial charge in [0.1, 0.15) is 29.0 Å². The van der Waals surface area contributed by atoms with Crippen molar-refractivity contribution in [2.24, 2.45) is 0 Å². The highest BCUT2D eigenvalue weighted by atomic mass is 16.5. The van der Waals surface area contributed by atoms with Crippen molar-refractivity contribution in [2.75, 3.05) is 19.5 Å². The Hall–Kier alpha value is -2.83. The minimum atomic E-state index is 0.444. The van der Waals surface area contributed by atoms with Gasteiger partial charge in [0.15, 0.2) is 0 Å². The summed E-state index contributed by atoms with van der Waals surface area (Å²) in [5.41, 5.74) is 1.95. The van der Waals surface area contributed by atoms with Crippen molar-refractivity contribution in [1.82, 2.24) is 15.1 Å². The number of hydrogen-bond acceptors (Lipinski definition) is 7. The number of rotatable bonds is 4. The minimum absolute atomic E-state index is 0.444. The highest BCUT2D eigenvalue weighted by molar-refractivity contribution is 5.89. The molecule has 3 aromatic rings. The molecule has 21 heavy (non-hydrogen) atoms. The first kappa shape index (κ1) is 13.2. The molecule has 2 aromatic heterocycles. The van der Waals surface area contributed by atoms with Crippen molar-refractivity contribution in [3.8, 4) is 11.5 Å². The average Bonchev–Trinajstić information content (AvgIpc) is 2.89. The second-order valence-electron chi connectivity index (χ2n) is 4.40. The number of anilines is 2. The quantitative estimate of drug-likeness (QED) is 0.789. The van der Waals surface area contributed by atoms with Crippen LogP contribution in [0.1, 0.15) is 5.69 Å². The van der Waals surface area contributed by atoms with E-state index in [0.29, 0.717) is 23.0 Å². The van der Waals surface area contributed by atoms with Gasteiger partial charge in [-0.2, -0.15) is 4.98 Å². The molecule has 1 aromatic carbocycles. The lowest BCUT2D eigenvalue weighted by Crippen LogP contribution is -1.97. The number of methoxy groups -OCH3 is 2. The number of hydrogen-bond donors (Lipinski definition) is 1. The summed E-state index contributed by atoms with van der Waals surface area (Å²) in [6, 6.07) is 5.49. The fourth-order valence-corrected chi connectivity index (χ4v) is 2.03. The maximum absolute atomic E-state index is 5.25. The molecule has 0 aliphatic rings. The Kier molecular flexibility index (Phi) is 3.31. The van der Waals surface area contributed by atoms with E-state index in [1.165, 1.54) is 6.33 Å².